The van der Waals surface area contributed by atoms with Gasteiger partial charge in [0.25, 0.3) is 11.8 Å². The van der Waals surface area contributed by atoms with E-state index in [2.05, 4.69) is 10.4 Å². The van der Waals surface area contributed by atoms with E-state index >= 15 is 0 Å². The first kappa shape index (κ1) is 23.1. The van der Waals surface area contributed by atoms with E-state index in [-0.39, 0.29) is 16.2 Å². The molecule has 0 aliphatic heterocycles. The van der Waals surface area contributed by atoms with Crippen molar-refractivity contribution in [2.24, 2.45) is 10.9 Å². The molecule has 0 saturated heterocycles. The maximum absolute atomic E-state index is 14.1. The third-order valence-electron chi connectivity index (χ3n) is 5.68. The summed E-state index contributed by atoms with van der Waals surface area (Å²) in [6, 6.07) is 19.9. The van der Waals surface area contributed by atoms with Gasteiger partial charge in [-0.05, 0) is 60.0 Å². The number of rotatable bonds is 5. The highest BCUT2D eigenvalue weighted by Crippen LogP contribution is 2.32. The Morgan fingerprint density at radius 3 is 2.28 bits per heavy atom. The predicted molar refractivity (Wildman–Crippen MR) is 133 cm³/mol. The number of nitrogens with one attached hydrogen (secondary N) is 1. The first-order valence-corrected chi connectivity index (χ1v) is 12.1. The number of primary sulfonamides is 1. The first-order chi connectivity index (χ1) is 17.1. The van der Waals surface area contributed by atoms with Gasteiger partial charge in [-0.25, -0.2) is 22.6 Å². The zero-order chi connectivity index (χ0) is 25.6. The van der Waals surface area contributed by atoms with Gasteiger partial charge in [0.2, 0.25) is 10.0 Å². The molecule has 5 rings (SSSR count). The molecule has 0 aliphatic carbocycles. The van der Waals surface area contributed by atoms with Crippen LogP contribution in [0, 0.1) is 5.82 Å². The van der Waals surface area contributed by atoms with Gasteiger partial charge in [0, 0.05) is 16.5 Å². The van der Waals surface area contributed by atoms with Crippen molar-refractivity contribution in [3.63, 3.8) is 0 Å². The Morgan fingerprint density at radius 1 is 0.917 bits per heavy atom. The number of halogens is 1. The summed E-state index contributed by atoms with van der Waals surface area (Å²) in [5, 5.41) is 14.1. The zero-order valence-electron chi connectivity index (χ0n) is 18.5. The smallest absolute Gasteiger partial charge is 0.269 e. The van der Waals surface area contributed by atoms with Gasteiger partial charge in [-0.15, -0.1) is 0 Å². The van der Waals surface area contributed by atoms with Crippen LogP contribution in [0.2, 0.25) is 0 Å². The van der Waals surface area contributed by atoms with Crippen molar-refractivity contribution in [1.29, 1.82) is 0 Å². The standard InChI is InChI=1S/C25H18FN5O4S/c26-21-4-2-1-3-18(21)25(33)29-15-7-5-14-6-12-19-22(24(27)32)30-31(23(19)20(14)13-15)16-8-10-17(11-9-16)36(28,34)35/h1-13H,(H2,27,32)(H,29,33)(H2,28,34,35). The monoisotopic (exact) mass is 503 g/mol. The first-order valence-electron chi connectivity index (χ1n) is 10.6. The lowest BCUT2D eigenvalue weighted by atomic mass is 10.0. The summed E-state index contributed by atoms with van der Waals surface area (Å²) >= 11 is 0. The number of primary amides is 1. The summed E-state index contributed by atoms with van der Waals surface area (Å²) in [7, 11) is -3.90. The van der Waals surface area contributed by atoms with Crippen molar-refractivity contribution >= 4 is 49.2 Å². The van der Waals surface area contributed by atoms with Gasteiger partial charge in [-0.1, -0.05) is 24.3 Å². The number of carbonyl (C=O) groups excluding carboxylic acids is 2. The fourth-order valence-corrected chi connectivity index (χ4v) is 4.51. The zero-order valence-corrected chi connectivity index (χ0v) is 19.3. The average Bonchev–Trinajstić information content (AvgIpc) is 3.24. The molecule has 1 heterocycles. The lowest BCUT2D eigenvalue weighted by Gasteiger charge is -2.10. The molecule has 0 fully saturated rings. The molecule has 5 N–H and O–H groups in total. The van der Waals surface area contributed by atoms with Crippen LogP contribution >= 0.6 is 0 Å². The summed E-state index contributed by atoms with van der Waals surface area (Å²) < 4.78 is 38.8. The maximum Gasteiger partial charge on any atom is 0.269 e. The van der Waals surface area contributed by atoms with E-state index in [0.717, 1.165) is 5.39 Å². The van der Waals surface area contributed by atoms with Crippen LogP contribution in [-0.2, 0) is 10.0 Å². The second-order valence-electron chi connectivity index (χ2n) is 8.00. The molecule has 0 saturated carbocycles. The Morgan fingerprint density at radius 2 is 1.61 bits per heavy atom. The summed E-state index contributed by atoms with van der Waals surface area (Å²) in [4.78, 5) is 24.7. The number of benzene rings is 4. The van der Waals surface area contributed by atoms with Crippen LogP contribution in [0.1, 0.15) is 20.8 Å². The molecular formula is C25H18FN5O4S. The number of nitrogens with two attached hydrogens (primary N) is 2. The van der Waals surface area contributed by atoms with Gasteiger partial charge < -0.3 is 11.1 Å². The molecule has 5 aromatic rings. The van der Waals surface area contributed by atoms with E-state index in [1.165, 1.54) is 47.1 Å². The highest BCUT2D eigenvalue weighted by atomic mass is 32.2. The summed E-state index contributed by atoms with van der Waals surface area (Å²) in [5.41, 5.74) is 6.83. The molecular weight excluding hydrogens is 485 g/mol. The van der Waals surface area contributed by atoms with Crippen LogP contribution in [-0.4, -0.2) is 30.0 Å². The third-order valence-corrected chi connectivity index (χ3v) is 6.61. The van der Waals surface area contributed by atoms with Gasteiger partial charge in [-0.2, -0.15) is 5.10 Å². The Labute approximate surface area is 204 Å². The molecule has 2 amide bonds. The molecule has 0 radical (unpaired) electrons. The Bertz CT molecular complexity index is 1800. The number of hydrogen-bond acceptors (Lipinski definition) is 5. The van der Waals surface area contributed by atoms with Gasteiger partial charge in [-0.3, -0.25) is 9.59 Å². The van der Waals surface area contributed by atoms with Crippen LogP contribution in [0.25, 0.3) is 27.4 Å². The molecule has 0 atom stereocenters. The van der Waals surface area contributed by atoms with E-state index in [1.54, 1.807) is 36.4 Å². The van der Waals surface area contributed by atoms with Crippen molar-refractivity contribution in [1.82, 2.24) is 9.78 Å². The molecule has 36 heavy (non-hydrogen) atoms. The molecule has 180 valence electrons. The number of amides is 2. The number of fused-ring (bicyclic) bond motifs is 3. The van der Waals surface area contributed by atoms with E-state index in [1.807, 2.05) is 0 Å². The Hall–Kier alpha value is -4.61. The summed E-state index contributed by atoms with van der Waals surface area (Å²) in [6.07, 6.45) is 0. The predicted octanol–water partition coefficient (Wildman–Crippen LogP) is 3.32. The fraction of sp³-hybridized carbons (Fsp3) is 0. The van der Waals surface area contributed by atoms with Crippen molar-refractivity contribution in [3.05, 3.63) is 95.9 Å². The highest BCUT2D eigenvalue weighted by Gasteiger charge is 2.19. The number of sulfonamides is 1. The number of anilines is 1. The van der Waals surface area contributed by atoms with Gasteiger partial charge in [0.05, 0.1) is 21.7 Å². The maximum atomic E-state index is 14.1. The van der Waals surface area contributed by atoms with Gasteiger partial charge >= 0.3 is 0 Å². The molecule has 0 bridgehead atoms. The SMILES string of the molecule is NC(=O)c1nn(-c2ccc(S(N)(=O)=O)cc2)c2c1ccc1ccc(NC(=O)c3ccccc3F)cc12. The van der Waals surface area contributed by atoms with Crippen molar-refractivity contribution < 1.29 is 22.4 Å². The minimum absolute atomic E-state index is 0.0169. The quantitative estimate of drug-likeness (QED) is 0.336. The second kappa shape index (κ2) is 8.56. The molecule has 0 unspecified atom stereocenters. The minimum atomic E-state index is -3.90. The lowest BCUT2D eigenvalue weighted by molar-refractivity contribution is 0.0994. The number of nitrogens with zero attached hydrogens (tertiary/aromatic N) is 2. The van der Waals surface area contributed by atoms with E-state index in [0.29, 0.717) is 27.7 Å². The highest BCUT2D eigenvalue weighted by molar-refractivity contribution is 7.89. The van der Waals surface area contributed by atoms with Crippen LogP contribution in [0.4, 0.5) is 10.1 Å². The molecule has 0 spiro atoms. The molecule has 4 aromatic carbocycles. The summed E-state index contributed by atoms with van der Waals surface area (Å²) in [5.74, 6) is -2.02. The molecule has 0 aliphatic rings. The molecule has 11 heteroatoms. The van der Waals surface area contributed by atoms with Crippen molar-refractivity contribution in [2.75, 3.05) is 5.32 Å². The minimum Gasteiger partial charge on any atom is -0.364 e. The lowest BCUT2D eigenvalue weighted by Crippen LogP contribution is -2.13. The molecule has 9 nitrogen and oxygen atoms in total. The van der Waals surface area contributed by atoms with E-state index < -0.39 is 27.7 Å². The van der Waals surface area contributed by atoms with E-state index in [9.17, 15) is 22.4 Å². The van der Waals surface area contributed by atoms with Gasteiger partial charge in [0.1, 0.15) is 5.82 Å². The number of aromatic nitrogens is 2. The van der Waals surface area contributed by atoms with Crippen LogP contribution < -0.4 is 16.2 Å². The van der Waals surface area contributed by atoms with Gasteiger partial charge in [0.15, 0.2) is 5.69 Å². The van der Waals surface area contributed by atoms with E-state index in [4.69, 9.17) is 10.9 Å². The van der Waals surface area contributed by atoms with Crippen molar-refractivity contribution in [3.8, 4) is 5.69 Å². The molecule has 1 aromatic heterocycles. The van der Waals surface area contributed by atoms with Crippen LogP contribution in [0.3, 0.4) is 0 Å². The average molecular weight is 504 g/mol. The topological polar surface area (TPSA) is 150 Å². The van der Waals surface area contributed by atoms with Crippen LogP contribution in [0.15, 0.2) is 83.8 Å². The Balaban J connectivity index is 1.68. The van der Waals surface area contributed by atoms with Crippen molar-refractivity contribution in [2.45, 2.75) is 4.90 Å². The normalized spacial score (nSPS) is 11.6. The second-order valence-corrected chi connectivity index (χ2v) is 9.56. The third kappa shape index (κ3) is 4.06. The summed E-state index contributed by atoms with van der Waals surface area (Å²) in [6.45, 7) is 0. The van der Waals surface area contributed by atoms with Crippen LogP contribution in [0.5, 0.6) is 0 Å². The fourth-order valence-electron chi connectivity index (χ4n) is 3.99. The number of carbonyl (C=O) groups is 2. The number of hydrogen-bond donors (Lipinski definition) is 3. The largest absolute Gasteiger partial charge is 0.364 e. The Kier molecular flexibility index (Phi) is 5.50.